The maximum absolute atomic E-state index is 12.7. The lowest BCUT2D eigenvalue weighted by atomic mass is 10.0. The number of rotatable bonds is 13. The minimum absolute atomic E-state index is 0.0785. The summed E-state index contributed by atoms with van der Waals surface area (Å²) in [7, 11) is -2.77. The molecule has 2 atom stereocenters. The molecule has 0 aliphatic heterocycles. The zero-order valence-electron chi connectivity index (χ0n) is 20.5. The number of alkyl carbamates (subject to hydrolysis) is 1. The Morgan fingerprint density at radius 1 is 0.946 bits per heavy atom. The highest BCUT2D eigenvalue weighted by Crippen LogP contribution is 2.27. The van der Waals surface area contributed by atoms with Crippen LogP contribution in [0.3, 0.4) is 0 Å². The van der Waals surface area contributed by atoms with Gasteiger partial charge in [0.15, 0.2) is 0 Å². The standard InChI is InChI=1S/C28H31NO6S2/c1-34-25-15-12-24(13-16-25)21-36-27(17-14-22-8-4-2-5-9-22)26(18-19-37(31,32)33)29-28(30)35-20-23-10-6-3-7-11-23/h2-13,15-16,18-19,26-27H,14,17,20-21H2,1H3,(H,29,30)(H,31,32,33)/t26-,27-/m1/s1. The van der Waals surface area contributed by atoms with Crippen LogP contribution in [0.1, 0.15) is 23.1 Å². The van der Waals surface area contributed by atoms with Crippen LogP contribution in [0.2, 0.25) is 0 Å². The highest BCUT2D eigenvalue weighted by molar-refractivity contribution is 7.99. The molecule has 1 amide bonds. The molecule has 37 heavy (non-hydrogen) atoms. The lowest BCUT2D eigenvalue weighted by Crippen LogP contribution is -2.41. The molecule has 0 radical (unpaired) electrons. The topological polar surface area (TPSA) is 102 Å². The van der Waals surface area contributed by atoms with E-state index in [2.05, 4.69) is 5.32 Å². The van der Waals surface area contributed by atoms with Crippen LogP contribution in [0, 0.1) is 0 Å². The molecule has 0 bridgehead atoms. The zero-order chi connectivity index (χ0) is 26.5. The number of aryl methyl sites for hydroxylation is 1. The number of ether oxygens (including phenoxy) is 2. The van der Waals surface area contributed by atoms with Gasteiger partial charge in [0.2, 0.25) is 0 Å². The zero-order valence-corrected chi connectivity index (χ0v) is 22.2. The number of methoxy groups -OCH3 is 1. The maximum Gasteiger partial charge on any atom is 0.407 e. The van der Waals surface area contributed by atoms with E-state index in [9.17, 15) is 17.8 Å². The van der Waals surface area contributed by atoms with E-state index in [0.717, 1.165) is 28.9 Å². The predicted octanol–water partition coefficient (Wildman–Crippen LogP) is 5.63. The van der Waals surface area contributed by atoms with Crippen molar-refractivity contribution in [2.24, 2.45) is 0 Å². The number of carbonyl (C=O) groups is 1. The first kappa shape index (κ1) is 28.3. The van der Waals surface area contributed by atoms with Crippen LogP contribution in [-0.4, -0.2) is 37.5 Å². The molecule has 0 saturated heterocycles. The Hall–Kier alpha value is -3.27. The van der Waals surface area contributed by atoms with Crippen LogP contribution in [0.5, 0.6) is 5.75 Å². The lowest BCUT2D eigenvalue weighted by molar-refractivity contribution is 0.137. The van der Waals surface area contributed by atoms with Gasteiger partial charge in [-0.1, -0.05) is 72.8 Å². The third-order valence-electron chi connectivity index (χ3n) is 5.54. The van der Waals surface area contributed by atoms with E-state index >= 15 is 0 Å². The van der Waals surface area contributed by atoms with Crippen molar-refractivity contribution in [2.45, 2.75) is 36.5 Å². The average Bonchev–Trinajstić information content (AvgIpc) is 2.91. The third-order valence-corrected chi connectivity index (χ3v) is 7.50. The number of nitrogens with one attached hydrogen (secondary N) is 1. The summed E-state index contributed by atoms with van der Waals surface area (Å²) in [5.74, 6) is 1.38. The van der Waals surface area contributed by atoms with Crippen molar-refractivity contribution in [2.75, 3.05) is 7.11 Å². The van der Waals surface area contributed by atoms with Crippen LogP contribution < -0.4 is 10.1 Å². The number of amides is 1. The molecular weight excluding hydrogens is 510 g/mol. The van der Waals surface area contributed by atoms with Gasteiger partial charge < -0.3 is 14.8 Å². The Morgan fingerprint density at radius 2 is 1.57 bits per heavy atom. The molecule has 0 aliphatic rings. The van der Waals surface area contributed by atoms with E-state index in [0.29, 0.717) is 17.6 Å². The largest absolute Gasteiger partial charge is 0.497 e. The van der Waals surface area contributed by atoms with E-state index in [-0.39, 0.29) is 11.9 Å². The number of thioether (sulfide) groups is 1. The van der Waals surface area contributed by atoms with Crippen molar-refractivity contribution in [3.63, 3.8) is 0 Å². The van der Waals surface area contributed by atoms with Crippen molar-refractivity contribution in [3.8, 4) is 5.75 Å². The first-order valence-electron chi connectivity index (χ1n) is 11.7. The number of carbonyl (C=O) groups excluding carboxylic acids is 1. The van der Waals surface area contributed by atoms with Crippen LogP contribution in [0.25, 0.3) is 0 Å². The van der Waals surface area contributed by atoms with E-state index in [1.165, 1.54) is 6.08 Å². The highest BCUT2D eigenvalue weighted by atomic mass is 32.2. The summed E-state index contributed by atoms with van der Waals surface area (Å²) in [6, 6.07) is 26.2. The molecule has 0 unspecified atom stereocenters. The fourth-order valence-electron chi connectivity index (χ4n) is 3.59. The maximum atomic E-state index is 12.7. The molecule has 3 aromatic carbocycles. The van der Waals surface area contributed by atoms with E-state index in [1.54, 1.807) is 18.9 Å². The Bertz CT molecular complexity index is 1230. The SMILES string of the molecule is COc1ccc(CS[C@H](CCc2ccccc2)[C@@H](C=CS(=O)(=O)O)NC(=O)OCc2ccccc2)cc1. The smallest absolute Gasteiger partial charge is 0.407 e. The second-order valence-corrected chi connectivity index (χ2v) is 10.8. The van der Waals surface area contributed by atoms with Gasteiger partial charge in [-0.05, 0) is 47.7 Å². The normalized spacial score (nSPS) is 13.1. The van der Waals surface area contributed by atoms with Crippen LogP contribution in [0.15, 0.2) is 96.4 Å². The van der Waals surface area contributed by atoms with Crippen molar-refractivity contribution >= 4 is 28.0 Å². The fraction of sp³-hybridized carbons (Fsp3) is 0.250. The highest BCUT2D eigenvalue weighted by Gasteiger charge is 2.23. The first-order chi connectivity index (χ1) is 17.8. The van der Waals surface area contributed by atoms with Gasteiger partial charge in [-0.3, -0.25) is 4.55 Å². The molecule has 3 aromatic rings. The summed E-state index contributed by atoms with van der Waals surface area (Å²) in [5.41, 5.74) is 3.01. The second kappa shape index (κ2) is 14.5. The summed E-state index contributed by atoms with van der Waals surface area (Å²) >= 11 is 1.58. The summed E-state index contributed by atoms with van der Waals surface area (Å²) < 4.78 is 42.9. The predicted molar refractivity (Wildman–Crippen MR) is 147 cm³/mol. The Kier molecular flexibility index (Phi) is 11.1. The molecular formula is C28H31NO6S2. The quantitative estimate of drug-likeness (QED) is 0.271. The Labute approximate surface area is 222 Å². The molecule has 0 aliphatic carbocycles. The van der Waals surface area contributed by atoms with Gasteiger partial charge in [0.05, 0.1) is 18.6 Å². The fourth-order valence-corrected chi connectivity index (χ4v) is 5.21. The molecule has 0 aromatic heterocycles. The minimum Gasteiger partial charge on any atom is -0.497 e. The van der Waals surface area contributed by atoms with Gasteiger partial charge in [-0.15, -0.1) is 0 Å². The van der Waals surface area contributed by atoms with Gasteiger partial charge in [0.1, 0.15) is 12.4 Å². The molecule has 0 fully saturated rings. The molecule has 3 rings (SSSR count). The van der Waals surface area contributed by atoms with Crippen molar-refractivity contribution in [1.82, 2.24) is 5.32 Å². The van der Waals surface area contributed by atoms with Gasteiger partial charge in [0, 0.05) is 11.0 Å². The summed E-state index contributed by atoms with van der Waals surface area (Å²) in [4.78, 5) is 12.7. The molecule has 9 heteroatoms. The van der Waals surface area contributed by atoms with E-state index < -0.39 is 22.3 Å². The second-order valence-electron chi connectivity index (χ2n) is 8.30. The van der Waals surface area contributed by atoms with Crippen molar-refractivity contribution in [3.05, 3.63) is 113 Å². The Morgan fingerprint density at radius 3 is 2.16 bits per heavy atom. The molecule has 2 N–H and O–H groups in total. The summed E-state index contributed by atoms with van der Waals surface area (Å²) in [6.07, 6.45) is 1.99. The van der Waals surface area contributed by atoms with Gasteiger partial charge >= 0.3 is 6.09 Å². The average molecular weight is 542 g/mol. The van der Waals surface area contributed by atoms with Crippen molar-refractivity contribution < 1.29 is 27.2 Å². The van der Waals surface area contributed by atoms with Gasteiger partial charge in [-0.2, -0.15) is 20.2 Å². The van der Waals surface area contributed by atoms with E-state index in [4.69, 9.17) is 9.47 Å². The monoisotopic (exact) mass is 541 g/mol. The molecule has 0 saturated carbocycles. The number of hydrogen-bond acceptors (Lipinski definition) is 6. The van der Waals surface area contributed by atoms with Crippen LogP contribution >= 0.6 is 11.8 Å². The van der Waals surface area contributed by atoms with Crippen LogP contribution in [-0.2, 0) is 33.6 Å². The van der Waals surface area contributed by atoms with Gasteiger partial charge in [-0.25, -0.2) is 4.79 Å². The third kappa shape index (κ3) is 10.7. The summed E-state index contributed by atoms with van der Waals surface area (Å²) in [5, 5.41) is 3.28. The summed E-state index contributed by atoms with van der Waals surface area (Å²) in [6.45, 7) is 0.0785. The molecule has 0 spiro atoms. The number of hydrogen-bond donors (Lipinski definition) is 2. The Balaban J connectivity index is 1.76. The first-order valence-corrected chi connectivity index (χ1v) is 14.3. The minimum atomic E-state index is -4.38. The molecule has 196 valence electrons. The molecule has 7 nitrogen and oxygen atoms in total. The lowest BCUT2D eigenvalue weighted by Gasteiger charge is -2.25. The van der Waals surface area contributed by atoms with Gasteiger partial charge in [0.25, 0.3) is 10.1 Å². The van der Waals surface area contributed by atoms with Crippen LogP contribution in [0.4, 0.5) is 4.79 Å². The molecule has 0 heterocycles. The van der Waals surface area contributed by atoms with E-state index in [1.807, 2.05) is 84.9 Å². The number of benzene rings is 3. The van der Waals surface area contributed by atoms with Crippen molar-refractivity contribution in [1.29, 1.82) is 0 Å².